The van der Waals surface area contributed by atoms with Crippen molar-refractivity contribution in [2.75, 3.05) is 7.11 Å². The van der Waals surface area contributed by atoms with Gasteiger partial charge in [0.15, 0.2) is 0 Å². The predicted molar refractivity (Wildman–Crippen MR) is 79.2 cm³/mol. The lowest BCUT2D eigenvalue weighted by molar-refractivity contribution is 0.122. The van der Waals surface area contributed by atoms with Crippen molar-refractivity contribution in [3.05, 3.63) is 54.1 Å². The first kappa shape index (κ1) is 12.5. The van der Waals surface area contributed by atoms with Crippen LogP contribution in [0.3, 0.4) is 0 Å². The Bertz CT molecular complexity index is 806. The first-order valence-corrected chi connectivity index (χ1v) is 6.37. The largest absolute Gasteiger partial charge is 0.513 e. The van der Waals surface area contributed by atoms with Crippen LogP contribution >= 0.6 is 0 Å². The molecule has 0 fully saturated rings. The standard InChI is InChI=1S/C17H14O3/c1-11-7-8-13-10-12-5-3-4-6-14(12)16(15(13)9-11)20-17(18)19-2/h3-10H,1-2H3. The number of carbonyl (C=O) groups is 1. The second-order valence-electron chi connectivity index (χ2n) is 4.71. The van der Waals surface area contributed by atoms with Crippen LogP contribution in [0, 0.1) is 6.92 Å². The number of fused-ring (bicyclic) bond motifs is 2. The van der Waals surface area contributed by atoms with Gasteiger partial charge in [0.05, 0.1) is 7.11 Å². The van der Waals surface area contributed by atoms with Gasteiger partial charge in [-0.15, -0.1) is 0 Å². The Balaban J connectivity index is 2.38. The van der Waals surface area contributed by atoms with Gasteiger partial charge in [-0.25, -0.2) is 4.79 Å². The molecule has 0 heterocycles. The minimum Gasteiger partial charge on any atom is -0.437 e. The number of rotatable bonds is 1. The van der Waals surface area contributed by atoms with E-state index in [4.69, 9.17) is 4.74 Å². The topological polar surface area (TPSA) is 35.5 Å². The molecule has 0 atom stereocenters. The van der Waals surface area contributed by atoms with E-state index in [1.807, 2.05) is 49.4 Å². The Morgan fingerprint density at radius 1 is 0.950 bits per heavy atom. The molecule has 20 heavy (non-hydrogen) atoms. The van der Waals surface area contributed by atoms with Crippen molar-refractivity contribution in [2.24, 2.45) is 0 Å². The molecule has 0 aromatic heterocycles. The van der Waals surface area contributed by atoms with E-state index in [2.05, 4.69) is 10.8 Å². The quantitative estimate of drug-likeness (QED) is 0.371. The van der Waals surface area contributed by atoms with E-state index in [1.54, 1.807) is 0 Å². The summed E-state index contributed by atoms with van der Waals surface area (Å²) in [5, 5.41) is 3.88. The molecule has 0 aliphatic carbocycles. The summed E-state index contributed by atoms with van der Waals surface area (Å²) in [6, 6.07) is 16.0. The molecule has 3 rings (SSSR count). The normalized spacial score (nSPS) is 10.7. The predicted octanol–water partition coefficient (Wildman–Crippen LogP) is 4.45. The van der Waals surface area contributed by atoms with E-state index in [0.717, 1.165) is 27.1 Å². The van der Waals surface area contributed by atoms with Crippen LogP contribution in [-0.2, 0) is 4.74 Å². The molecule has 100 valence electrons. The van der Waals surface area contributed by atoms with E-state index in [-0.39, 0.29) is 0 Å². The highest BCUT2D eigenvalue weighted by atomic mass is 16.7. The minimum absolute atomic E-state index is 0.550. The van der Waals surface area contributed by atoms with Gasteiger partial charge in [-0.1, -0.05) is 42.0 Å². The molecule has 0 saturated carbocycles. The van der Waals surface area contributed by atoms with E-state index in [9.17, 15) is 4.79 Å². The molecule has 0 saturated heterocycles. The van der Waals surface area contributed by atoms with Gasteiger partial charge < -0.3 is 9.47 Å². The second kappa shape index (κ2) is 4.85. The molecule has 3 nitrogen and oxygen atoms in total. The summed E-state index contributed by atoms with van der Waals surface area (Å²) in [6.45, 7) is 2.01. The molecule has 3 heteroatoms. The molecule has 0 bridgehead atoms. The van der Waals surface area contributed by atoms with Gasteiger partial charge in [-0.3, -0.25) is 0 Å². The maximum atomic E-state index is 11.5. The Morgan fingerprint density at radius 3 is 2.50 bits per heavy atom. The Morgan fingerprint density at radius 2 is 1.70 bits per heavy atom. The number of methoxy groups -OCH3 is 1. The van der Waals surface area contributed by atoms with Crippen molar-refractivity contribution in [3.63, 3.8) is 0 Å². The highest BCUT2D eigenvalue weighted by Gasteiger charge is 2.13. The third-order valence-corrected chi connectivity index (χ3v) is 3.32. The first-order chi connectivity index (χ1) is 9.69. The Labute approximate surface area is 116 Å². The first-order valence-electron chi connectivity index (χ1n) is 6.37. The molecule has 0 aliphatic heterocycles. The van der Waals surface area contributed by atoms with E-state index >= 15 is 0 Å². The van der Waals surface area contributed by atoms with Crippen LogP contribution in [0.25, 0.3) is 21.5 Å². The zero-order chi connectivity index (χ0) is 14.1. The fourth-order valence-electron chi connectivity index (χ4n) is 2.37. The van der Waals surface area contributed by atoms with Crippen molar-refractivity contribution < 1.29 is 14.3 Å². The molecule has 0 N–H and O–H groups in total. The second-order valence-corrected chi connectivity index (χ2v) is 4.71. The van der Waals surface area contributed by atoms with Crippen molar-refractivity contribution >= 4 is 27.7 Å². The van der Waals surface area contributed by atoms with Gasteiger partial charge in [0.2, 0.25) is 0 Å². The lowest BCUT2D eigenvalue weighted by atomic mass is 10.0. The number of hydrogen-bond donors (Lipinski definition) is 0. The van der Waals surface area contributed by atoms with Gasteiger partial charge in [-0.05, 0) is 29.8 Å². The summed E-state index contributed by atoms with van der Waals surface area (Å²) in [4.78, 5) is 11.5. The molecular weight excluding hydrogens is 252 g/mol. The van der Waals surface area contributed by atoms with Crippen LogP contribution < -0.4 is 4.74 Å². The molecule has 0 radical (unpaired) electrons. The molecule has 3 aromatic rings. The van der Waals surface area contributed by atoms with Crippen LogP contribution in [0.5, 0.6) is 5.75 Å². The molecule has 0 aliphatic rings. The molecule has 0 amide bonds. The molecule has 0 unspecified atom stereocenters. The van der Waals surface area contributed by atoms with E-state index < -0.39 is 6.16 Å². The van der Waals surface area contributed by atoms with Crippen molar-refractivity contribution in [2.45, 2.75) is 6.92 Å². The summed E-state index contributed by atoms with van der Waals surface area (Å²) in [5.41, 5.74) is 1.11. The fraction of sp³-hybridized carbons (Fsp3) is 0.118. The Hall–Kier alpha value is -2.55. The number of benzene rings is 3. The maximum absolute atomic E-state index is 11.5. The summed E-state index contributed by atoms with van der Waals surface area (Å²) >= 11 is 0. The highest BCUT2D eigenvalue weighted by Crippen LogP contribution is 2.35. The lowest BCUT2D eigenvalue weighted by Gasteiger charge is -2.11. The summed E-state index contributed by atoms with van der Waals surface area (Å²) in [5.74, 6) is 0.550. The van der Waals surface area contributed by atoms with Crippen LogP contribution in [0.15, 0.2) is 48.5 Å². The van der Waals surface area contributed by atoms with Gasteiger partial charge in [-0.2, -0.15) is 0 Å². The monoisotopic (exact) mass is 266 g/mol. The summed E-state index contributed by atoms with van der Waals surface area (Å²) in [7, 11) is 1.31. The maximum Gasteiger partial charge on any atom is 0.513 e. The van der Waals surface area contributed by atoms with Crippen LogP contribution in [0.4, 0.5) is 4.79 Å². The molecular formula is C17H14O3. The van der Waals surface area contributed by atoms with Crippen LogP contribution in [-0.4, -0.2) is 13.3 Å². The zero-order valence-corrected chi connectivity index (χ0v) is 11.3. The highest BCUT2D eigenvalue weighted by molar-refractivity contribution is 6.06. The van der Waals surface area contributed by atoms with Crippen LogP contribution in [0.2, 0.25) is 0 Å². The smallest absolute Gasteiger partial charge is 0.437 e. The van der Waals surface area contributed by atoms with E-state index in [1.165, 1.54) is 7.11 Å². The minimum atomic E-state index is -0.704. The van der Waals surface area contributed by atoms with Crippen LogP contribution in [0.1, 0.15) is 5.56 Å². The summed E-state index contributed by atoms with van der Waals surface area (Å²) < 4.78 is 10.0. The fourth-order valence-corrected chi connectivity index (χ4v) is 2.37. The summed E-state index contributed by atoms with van der Waals surface area (Å²) in [6.07, 6.45) is -0.704. The zero-order valence-electron chi connectivity index (χ0n) is 11.3. The third kappa shape index (κ3) is 2.07. The number of ether oxygens (including phenoxy) is 2. The van der Waals surface area contributed by atoms with Crippen molar-refractivity contribution in [1.82, 2.24) is 0 Å². The molecule has 0 spiro atoms. The molecule has 3 aromatic carbocycles. The van der Waals surface area contributed by atoms with Gasteiger partial charge in [0.1, 0.15) is 5.75 Å². The van der Waals surface area contributed by atoms with E-state index in [0.29, 0.717) is 5.75 Å². The average Bonchev–Trinajstić information content (AvgIpc) is 2.47. The van der Waals surface area contributed by atoms with Gasteiger partial charge >= 0.3 is 6.16 Å². The third-order valence-electron chi connectivity index (χ3n) is 3.32. The number of aryl methyl sites for hydroxylation is 1. The average molecular weight is 266 g/mol. The van der Waals surface area contributed by atoms with Gasteiger partial charge in [0, 0.05) is 10.8 Å². The van der Waals surface area contributed by atoms with Crippen molar-refractivity contribution in [3.8, 4) is 5.75 Å². The SMILES string of the molecule is COC(=O)Oc1c2ccccc2cc2ccc(C)cc12. The van der Waals surface area contributed by atoms with Crippen molar-refractivity contribution in [1.29, 1.82) is 0 Å². The lowest BCUT2D eigenvalue weighted by Crippen LogP contribution is -2.08. The number of hydrogen-bond acceptors (Lipinski definition) is 3. The van der Waals surface area contributed by atoms with Gasteiger partial charge in [0.25, 0.3) is 0 Å². The Kier molecular flexibility index (Phi) is 3.03. The number of carbonyl (C=O) groups excluding carboxylic acids is 1.